The van der Waals surface area contributed by atoms with Gasteiger partial charge in [-0.1, -0.05) is 0 Å². The molecule has 0 atom stereocenters. The van der Waals surface area contributed by atoms with Gasteiger partial charge in [0.15, 0.2) is 0 Å². The molecule has 0 spiro atoms. The minimum Gasteiger partial charge on any atom is -0.472 e. The van der Waals surface area contributed by atoms with Crippen molar-refractivity contribution in [3.63, 3.8) is 0 Å². The minimum absolute atomic E-state index is 0.224. The number of aromatic nitrogens is 2. The maximum atomic E-state index is 5.82. The molecule has 1 heterocycles. The van der Waals surface area contributed by atoms with E-state index >= 15 is 0 Å². The zero-order valence-corrected chi connectivity index (χ0v) is 11.1. The van der Waals surface area contributed by atoms with Crippen LogP contribution in [0.5, 0.6) is 5.88 Å². The normalized spacial score (nSPS) is 15.8. The van der Waals surface area contributed by atoms with E-state index in [1.165, 1.54) is 12.8 Å². The minimum atomic E-state index is -0.224. The lowest BCUT2D eigenvalue weighted by Gasteiger charge is -2.21. The second kappa shape index (κ2) is 4.51. The molecule has 0 bridgehead atoms. The van der Waals surface area contributed by atoms with Gasteiger partial charge in [-0.3, -0.25) is 0 Å². The highest BCUT2D eigenvalue weighted by Gasteiger charge is 2.28. The fourth-order valence-corrected chi connectivity index (χ4v) is 1.60. The summed E-state index contributed by atoms with van der Waals surface area (Å²) < 4.78 is 5.82. The fourth-order valence-electron chi connectivity index (χ4n) is 1.60. The molecular formula is C13H21N3O. The molecule has 0 amide bonds. The molecule has 0 unspecified atom stereocenters. The maximum absolute atomic E-state index is 5.82. The van der Waals surface area contributed by atoms with E-state index in [9.17, 15) is 0 Å². The van der Waals surface area contributed by atoms with Gasteiger partial charge in [0.2, 0.25) is 5.88 Å². The summed E-state index contributed by atoms with van der Waals surface area (Å²) in [5.41, 5.74) is -0.224. The predicted octanol–water partition coefficient (Wildman–Crippen LogP) is 2.96. The van der Waals surface area contributed by atoms with Crippen molar-refractivity contribution >= 4 is 5.82 Å². The van der Waals surface area contributed by atoms with E-state index in [0.29, 0.717) is 11.8 Å². The lowest BCUT2D eigenvalue weighted by Crippen LogP contribution is -2.24. The van der Waals surface area contributed by atoms with Gasteiger partial charge in [0.25, 0.3) is 0 Å². The summed E-state index contributed by atoms with van der Waals surface area (Å²) in [5.74, 6) is 2.99. The summed E-state index contributed by atoms with van der Waals surface area (Å²) >= 11 is 0. The molecule has 0 radical (unpaired) electrons. The third-order valence-corrected chi connectivity index (χ3v) is 2.43. The van der Waals surface area contributed by atoms with E-state index in [1.54, 1.807) is 0 Å². The molecule has 1 aromatic rings. The van der Waals surface area contributed by atoms with Gasteiger partial charge < -0.3 is 10.1 Å². The van der Waals surface area contributed by atoms with Gasteiger partial charge in [-0.05, 0) is 40.5 Å². The van der Waals surface area contributed by atoms with Crippen LogP contribution in [0.2, 0.25) is 0 Å². The van der Waals surface area contributed by atoms with Crippen molar-refractivity contribution in [2.24, 2.45) is 0 Å². The number of nitrogens with zero attached hydrogens (tertiary/aromatic N) is 2. The zero-order chi connectivity index (χ0) is 12.5. The van der Waals surface area contributed by atoms with Gasteiger partial charge in [0.1, 0.15) is 17.2 Å². The largest absolute Gasteiger partial charge is 0.472 e. The molecule has 4 heteroatoms. The Balaban J connectivity index is 2.23. The van der Waals surface area contributed by atoms with E-state index in [1.807, 2.05) is 26.8 Å². The Kier molecular flexibility index (Phi) is 3.22. The number of hydrogen-bond donors (Lipinski definition) is 1. The van der Waals surface area contributed by atoms with Gasteiger partial charge in [-0.2, -0.15) is 4.98 Å². The molecule has 17 heavy (non-hydrogen) atoms. The van der Waals surface area contributed by atoms with Crippen molar-refractivity contribution in [1.82, 2.24) is 9.97 Å². The van der Waals surface area contributed by atoms with Crippen LogP contribution < -0.4 is 10.1 Å². The second-order valence-electron chi connectivity index (χ2n) is 5.47. The first kappa shape index (κ1) is 12.1. The van der Waals surface area contributed by atoms with E-state index in [4.69, 9.17) is 4.74 Å². The first-order chi connectivity index (χ1) is 7.98. The van der Waals surface area contributed by atoms with Crippen LogP contribution >= 0.6 is 0 Å². The number of rotatable bonds is 4. The standard InChI is InChI=1S/C13H21N3O/c1-5-14-10-8-11(17-13(2,3)4)16-12(15-10)9-6-7-9/h8-9H,5-7H2,1-4H3,(H,14,15,16). The first-order valence-corrected chi connectivity index (χ1v) is 6.30. The number of hydrogen-bond acceptors (Lipinski definition) is 4. The van der Waals surface area contributed by atoms with Gasteiger partial charge in [-0.15, -0.1) is 0 Å². The van der Waals surface area contributed by atoms with Crippen LogP contribution in [0.15, 0.2) is 6.07 Å². The van der Waals surface area contributed by atoms with E-state index in [0.717, 1.165) is 18.2 Å². The number of anilines is 1. The summed E-state index contributed by atoms with van der Waals surface area (Å²) in [4.78, 5) is 9.00. The molecule has 0 aliphatic heterocycles. The van der Waals surface area contributed by atoms with Gasteiger partial charge in [-0.25, -0.2) is 4.98 Å². The summed E-state index contributed by atoms with van der Waals surface area (Å²) in [6.45, 7) is 9.00. The van der Waals surface area contributed by atoms with E-state index in [2.05, 4.69) is 22.2 Å². The highest BCUT2D eigenvalue weighted by molar-refractivity contribution is 5.39. The summed E-state index contributed by atoms with van der Waals surface area (Å²) in [5, 5.41) is 3.23. The Bertz CT molecular complexity index is 394. The van der Waals surface area contributed by atoms with Crippen LogP contribution in [-0.4, -0.2) is 22.1 Å². The summed E-state index contributed by atoms with van der Waals surface area (Å²) in [7, 11) is 0. The Morgan fingerprint density at radius 1 is 1.35 bits per heavy atom. The Morgan fingerprint density at radius 3 is 2.59 bits per heavy atom. The van der Waals surface area contributed by atoms with Crippen LogP contribution in [0.4, 0.5) is 5.82 Å². The van der Waals surface area contributed by atoms with E-state index < -0.39 is 0 Å². The monoisotopic (exact) mass is 235 g/mol. The summed E-state index contributed by atoms with van der Waals surface area (Å²) in [6, 6.07) is 1.88. The summed E-state index contributed by atoms with van der Waals surface area (Å²) in [6.07, 6.45) is 2.40. The topological polar surface area (TPSA) is 47.0 Å². The fraction of sp³-hybridized carbons (Fsp3) is 0.692. The SMILES string of the molecule is CCNc1cc(OC(C)(C)C)nc(C2CC2)n1. The quantitative estimate of drug-likeness (QED) is 0.871. The average molecular weight is 235 g/mol. The van der Waals surface area contributed by atoms with Crippen molar-refractivity contribution in [2.75, 3.05) is 11.9 Å². The van der Waals surface area contributed by atoms with Crippen LogP contribution in [-0.2, 0) is 0 Å². The molecular weight excluding hydrogens is 214 g/mol. The molecule has 1 aromatic heterocycles. The van der Waals surface area contributed by atoms with Gasteiger partial charge in [0.05, 0.1) is 0 Å². The molecule has 1 fully saturated rings. The van der Waals surface area contributed by atoms with Crippen LogP contribution in [0, 0.1) is 0 Å². The third kappa shape index (κ3) is 3.58. The molecule has 0 saturated heterocycles. The van der Waals surface area contributed by atoms with Crippen molar-refractivity contribution in [3.05, 3.63) is 11.9 Å². The van der Waals surface area contributed by atoms with Crippen LogP contribution in [0.25, 0.3) is 0 Å². The highest BCUT2D eigenvalue weighted by atomic mass is 16.5. The smallest absolute Gasteiger partial charge is 0.219 e. The predicted molar refractivity (Wildman–Crippen MR) is 68.6 cm³/mol. The van der Waals surface area contributed by atoms with E-state index in [-0.39, 0.29) is 5.60 Å². The number of ether oxygens (including phenoxy) is 1. The molecule has 2 rings (SSSR count). The lowest BCUT2D eigenvalue weighted by molar-refractivity contribution is 0.123. The molecule has 1 aliphatic rings. The second-order valence-corrected chi connectivity index (χ2v) is 5.47. The highest BCUT2D eigenvalue weighted by Crippen LogP contribution is 2.39. The molecule has 94 valence electrons. The molecule has 1 aliphatic carbocycles. The first-order valence-electron chi connectivity index (χ1n) is 6.30. The molecule has 1 saturated carbocycles. The molecule has 4 nitrogen and oxygen atoms in total. The van der Waals surface area contributed by atoms with Gasteiger partial charge >= 0.3 is 0 Å². The van der Waals surface area contributed by atoms with Crippen molar-refractivity contribution < 1.29 is 4.74 Å². The van der Waals surface area contributed by atoms with Crippen molar-refractivity contribution in [1.29, 1.82) is 0 Å². The van der Waals surface area contributed by atoms with Crippen molar-refractivity contribution in [3.8, 4) is 5.88 Å². The third-order valence-electron chi connectivity index (χ3n) is 2.43. The lowest BCUT2D eigenvalue weighted by atomic mass is 10.2. The van der Waals surface area contributed by atoms with Crippen molar-refractivity contribution in [2.45, 2.75) is 52.1 Å². The molecule has 0 aromatic carbocycles. The Labute approximate surface area is 103 Å². The van der Waals surface area contributed by atoms with Crippen LogP contribution in [0.1, 0.15) is 52.3 Å². The maximum Gasteiger partial charge on any atom is 0.219 e. The van der Waals surface area contributed by atoms with Crippen LogP contribution in [0.3, 0.4) is 0 Å². The molecule has 1 N–H and O–H groups in total. The Hall–Kier alpha value is -1.32. The average Bonchev–Trinajstić information content (AvgIpc) is 2.97. The number of nitrogens with one attached hydrogen (secondary N) is 1. The Morgan fingerprint density at radius 2 is 2.06 bits per heavy atom. The zero-order valence-electron chi connectivity index (χ0n) is 11.1. The van der Waals surface area contributed by atoms with Gasteiger partial charge in [0, 0.05) is 18.5 Å².